The van der Waals surface area contributed by atoms with Crippen molar-refractivity contribution in [2.24, 2.45) is 11.0 Å². The van der Waals surface area contributed by atoms with Crippen LogP contribution in [0.4, 0.5) is 23.2 Å². The van der Waals surface area contributed by atoms with Crippen molar-refractivity contribution in [1.82, 2.24) is 0 Å². The van der Waals surface area contributed by atoms with E-state index in [0.29, 0.717) is 0 Å². The van der Waals surface area contributed by atoms with E-state index < -0.39 is 35.9 Å². The van der Waals surface area contributed by atoms with Crippen LogP contribution in [0, 0.1) is 11.7 Å². The molecule has 3 N–H and O–H groups in total. The van der Waals surface area contributed by atoms with E-state index in [1.807, 2.05) is 5.43 Å². The summed E-state index contributed by atoms with van der Waals surface area (Å²) in [5.41, 5.74) is -2.12. The maximum atomic E-state index is 13.9. The van der Waals surface area contributed by atoms with Crippen LogP contribution in [0.5, 0.6) is 5.75 Å². The fourth-order valence-electron chi connectivity index (χ4n) is 2.19. The highest BCUT2D eigenvalue weighted by atomic mass is 35.5. The Morgan fingerprint density at radius 2 is 2.00 bits per heavy atom. The maximum absolute atomic E-state index is 13.9. The first kappa shape index (κ1) is 23.0. The van der Waals surface area contributed by atoms with Gasteiger partial charge in [0.2, 0.25) is 5.60 Å². The lowest BCUT2D eigenvalue weighted by molar-refractivity contribution is -0.248. The number of nitrogens with one attached hydrogen (secondary N) is 1. The first-order chi connectivity index (χ1) is 12.3. The number of carboxylic acids is 1. The van der Waals surface area contributed by atoms with Crippen molar-refractivity contribution < 1.29 is 37.3 Å². The zero-order chi connectivity index (χ0) is 21.0. The molecule has 0 amide bonds. The number of hydrogen-bond acceptors (Lipinski definition) is 5. The van der Waals surface area contributed by atoms with E-state index in [9.17, 15) is 27.5 Å². The van der Waals surface area contributed by atoms with Gasteiger partial charge in [-0.3, -0.25) is 10.2 Å². The standard InChI is InChI=1S/C16H19ClF4N2O4/c1-4-9(14(24)25)15(26,16(19,20)21)7-22-23-12-6-13(27-8(2)3)10(17)5-11(12)18/h5-9,23,26H,4H2,1-3H3,(H,24,25)/b22-7-. The second-order valence-corrected chi connectivity index (χ2v) is 6.33. The summed E-state index contributed by atoms with van der Waals surface area (Å²) in [6.07, 6.45) is -6.15. The van der Waals surface area contributed by atoms with Crippen LogP contribution in [-0.2, 0) is 4.79 Å². The van der Waals surface area contributed by atoms with Gasteiger partial charge in [-0.25, -0.2) is 4.39 Å². The van der Waals surface area contributed by atoms with Gasteiger partial charge in [0.25, 0.3) is 0 Å². The average molecular weight is 415 g/mol. The summed E-state index contributed by atoms with van der Waals surface area (Å²) in [5.74, 6) is -4.92. The second kappa shape index (κ2) is 8.75. The molecule has 0 bridgehead atoms. The first-order valence-corrected chi connectivity index (χ1v) is 8.19. The smallest absolute Gasteiger partial charge is 0.423 e. The Labute approximate surface area is 157 Å². The highest BCUT2D eigenvalue weighted by Crippen LogP contribution is 2.37. The number of anilines is 1. The number of carboxylic acid groups (broad SMARTS) is 1. The van der Waals surface area contributed by atoms with Gasteiger partial charge in [-0.05, 0) is 26.3 Å². The van der Waals surface area contributed by atoms with Gasteiger partial charge in [-0.1, -0.05) is 18.5 Å². The monoisotopic (exact) mass is 414 g/mol. The predicted molar refractivity (Wildman–Crippen MR) is 91.7 cm³/mol. The molecule has 0 spiro atoms. The summed E-state index contributed by atoms with van der Waals surface area (Å²) in [6.45, 7) is 4.54. The number of hydrogen-bond donors (Lipinski definition) is 3. The second-order valence-electron chi connectivity index (χ2n) is 5.92. The molecule has 1 rings (SSSR count). The van der Waals surface area contributed by atoms with E-state index in [1.54, 1.807) is 13.8 Å². The van der Waals surface area contributed by atoms with Crippen LogP contribution < -0.4 is 10.2 Å². The van der Waals surface area contributed by atoms with E-state index in [1.165, 1.54) is 6.92 Å². The molecule has 0 radical (unpaired) electrons. The van der Waals surface area contributed by atoms with E-state index in [2.05, 4.69) is 5.10 Å². The van der Waals surface area contributed by atoms with Crippen LogP contribution in [0.2, 0.25) is 5.02 Å². The van der Waals surface area contributed by atoms with Gasteiger partial charge in [-0.15, -0.1) is 0 Å². The number of rotatable bonds is 8. The number of benzene rings is 1. The van der Waals surface area contributed by atoms with E-state index in [0.717, 1.165) is 12.1 Å². The predicted octanol–water partition coefficient (Wildman–Crippen LogP) is 4.07. The number of aliphatic carboxylic acids is 1. The van der Waals surface area contributed by atoms with Gasteiger partial charge in [0.15, 0.2) is 0 Å². The fourth-order valence-corrected chi connectivity index (χ4v) is 2.39. The Kier molecular flexibility index (Phi) is 7.44. The lowest BCUT2D eigenvalue weighted by atomic mass is 9.85. The molecule has 152 valence electrons. The van der Waals surface area contributed by atoms with Gasteiger partial charge in [0.1, 0.15) is 11.6 Å². The minimum absolute atomic E-state index is 0.00763. The van der Waals surface area contributed by atoms with Crippen LogP contribution in [0.15, 0.2) is 17.2 Å². The van der Waals surface area contributed by atoms with Gasteiger partial charge >= 0.3 is 12.1 Å². The molecule has 0 aliphatic heterocycles. The van der Waals surface area contributed by atoms with Crippen molar-refractivity contribution >= 4 is 29.5 Å². The number of ether oxygens (including phenoxy) is 1. The van der Waals surface area contributed by atoms with E-state index in [-0.39, 0.29) is 28.8 Å². The Balaban J connectivity index is 3.19. The molecule has 0 saturated heterocycles. The highest BCUT2D eigenvalue weighted by molar-refractivity contribution is 6.32. The zero-order valence-corrected chi connectivity index (χ0v) is 15.4. The van der Waals surface area contributed by atoms with Gasteiger partial charge in [-0.2, -0.15) is 18.3 Å². The molecule has 1 aromatic carbocycles. The summed E-state index contributed by atoms with van der Waals surface area (Å²) in [5, 5.41) is 22.0. The van der Waals surface area contributed by atoms with E-state index in [4.69, 9.17) is 21.4 Å². The summed E-state index contributed by atoms with van der Waals surface area (Å²) >= 11 is 5.82. The van der Waals surface area contributed by atoms with Crippen molar-refractivity contribution in [1.29, 1.82) is 0 Å². The Hall–Kier alpha value is -2.07. The summed E-state index contributed by atoms with van der Waals surface area (Å²) in [6, 6.07) is 1.95. The fraction of sp³-hybridized carbons (Fsp3) is 0.500. The third-order valence-electron chi connectivity index (χ3n) is 3.52. The maximum Gasteiger partial charge on any atom is 0.423 e. The van der Waals surface area contributed by atoms with Gasteiger partial charge in [0.05, 0.1) is 28.9 Å². The number of carbonyl (C=O) groups is 1. The molecule has 0 saturated carbocycles. The van der Waals surface area contributed by atoms with E-state index >= 15 is 0 Å². The number of halogens is 5. The minimum Gasteiger partial charge on any atom is -0.489 e. The summed E-state index contributed by atoms with van der Waals surface area (Å²) in [7, 11) is 0. The van der Waals surface area contributed by atoms with Crippen LogP contribution >= 0.6 is 11.6 Å². The molecule has 0 heterocycles. The first-order valence-electron chi connectivity index (χ1n) is 7.81. The summed E-state index contributed by atoms with van der Waals surface area (Å²) in [4.78, 5) is 11.1. The SMILES string of the molecule is CCC(C(=O)O)C(O)(/C=N\Nc1cc(OC(C)C)c(Cl)cc1F)C(F)(F)F. The molecule has 2 atom stereocenters. The molecule has 2 unspecified atom stereocenters. The third kappa shape index (κ3) is 5.46. The molecule has 0 aliphatic carbocycles. The van der Waals surface area contributed by atoms with Crippen molar-refractivity contribution in [2.75, 3.05) is 5.43 Å². The van der Waals surface area contributed by atoms with Crippen LogP contribution in [0.3, 0.4) is 0 Å². The lowest BCUT2D eigenvalue weighted by Gasteiger charge is -2.31. The number of aliphatic hydroxyl groups is 1. The quantitative estimate of drug-likeness (QED) is 0.339. The molecule has 0 aromatic heterocycles. The number of hydrazone groups is 1. The normalized spacial score (nSPS) is 15.6. The Morgan fingerprint density at radius 1 is 1.41 bits per heavy atom. The highest BCUT2D eigenvalue weighted by Gasteiger charge is 2.59. The van der Waals surface area contributed by atoms with Crippen LogP contribution in [0.25, 0.3) is 0 Å². The van der Waals surface area contributed by atoms with Crippen molar-refractivity contribution in [2.45, 2.75) is 45.1 Å². The van der Waals surface area contributed by atoms with Crippen molar-refractivity contribution in [3.8, 4) is 5.75 Å². The van der Waals surface area contributed by atoms with Crippen LogP contribution in [-0.4, -0.2) is 40.3 Å². The van der Waals surface area contributed by atoms with Crippen molar-refractivity contribution in [3.05, 3.63) is 23.0 Å². The topological polar surface area (TPSA) is 91.2 Å². The average Bonchev–Trinajstić information content (AvgIpc) is 2.50. The summed E-state index contributed by atoms with van der Waals surface area (Å²) < 4.78 is 58.9. The van der Waals surface area contributed by atoms with Gasteiger partial charge in [0, 0.05) is 6.07 Å². The lowest BCUT2D eigenvalue weighted by Crippen LogP contribution is -2.55. The Morgan fingerprint density at radius 3 is 2.44 bits per heavy atom. The molecule has 0 fully saturated rings. The largest absolute Gasteiger partial charge is 0.489 e. The van der Waals surface area contributed by atoms with Crippen LogP contribution in [0.1, 0.15) is 27.2 Å². The van der Waals surface area contributed by atoms with Gasteiger partial charge < -0.3 is 14.9 Å². The van der Waals surface area contributed by atoms with Crippen molar-refractivity contribution in [3.63, 3.8) is 0 Å². The minimum atomic E-state index is -5.32. The number of alkyl halides is 3. The Bertz CT molecular complexity index is 712. The molecule has 6 nitrogen and oxygen atoms in total. The zero-order valence-electron chi connectivity index (χ0n) is 14.6. The third-order valence-corrected chi connectivity index (χ3v) is 3.82. The molecular weight excluding hydrogens is 396 g/mol. The molecule has 0 aliphatic rings. The number of nitrogens with zero attached hydrogens (tertiary/aromatic N) is 1. The molecular formula is C16H19ClF4N2O4. The molecule has 1 aromatic rings. The molecule has 11 heteroatoms. The molecule has 27 heavy (non-hydrogen) atoms.